The average Bonchev–Trinajstić information content (AvgIpc) is 2.64. The first-order valence-corrected chi connectivity index (χ1v) is 9.29. The second kappa shape index (κ2) is 13.5. The van der Waals surface area contributed by atoms with Crippen LogP contribution in [-0.2, 0) is 9.47 Å². The first-order valence-electron chi connectivity index (χ1n) is 9.29. The zero-order valence-corrected chi connectivity index (χ0v) is 16.6. The summed E-state index contributed by atoms with van der Waals surface area (Å²) in [7, 11) is 3.57. The van der Waals surface area contributed by atoms with Gasteiger partial charge in [-0.1, -0.05) is 33.1 Å². The zero-order chi connectivity index (χ0) is 19.2. The van der Waals surface area contributed by atoms with Gasteiger partial charge in [0.15, 0.2) is 0 Å². The first-order chi connectivity index (χ1) is 12.7. The molecular formula is C17H34N6O3. The molecule has 0 radical (unpaired) electrons. The first kappa shape index (κ1) is 22.3. The van der Waals surface area contributed by atoms with Crippen LogP contribution in [0.2, 0.25) is 0 Å². The van der Waals surface area contributed by atoms with Crippen LogP contribution in [0.3, 0.4) is 0 Å². The minimum absolute atomic E-state index is 0.250. The molecule has 9 nitrogen and oxygen atoms in total. The van der Waals surface area contributed by atoms with E-state index in [9.17, 15) is 0 Å². The molecule has 9 heteroatoms. The molecule has 1 aromatic heterocycles. The second-order valence-electron chi connectivity index (χ2n) is 6.07. The van der Waals surface area contributed by atoms with E-state index < -0.39 is 0 Å². The summed E-state index contributed by atoms with van der Waals surface area (Å²) in [5, 5.41) is 11.9. The number of rotatable bonds is 15. The topological polar surface area (TPSA) is 95.9 Å². The summed E-state index contributed by atoms with van der Waals surface area (Å²) < 4.78 is 10.9. The number of aromatic nitrogens is 3. The third-order valence-electron chi connectivity index (χ3n) is 3.74. The predicted molar refractivity (Wildman–Crippen MR) is 103 cm³/mol. The normalized spacial score (nSPS) is 10.8. The smallest absolute Gasteiger partial charge is 0.235 e. The molecule has 0 spiro atoms. The average molecular weight is 370 g/mol. The Morgan fingerprint density at radius 3 is 2.38 bits per heavy atom. The van der Waals surface area contributed by atoms with Crippen molar-refractivity contribution >= 4 is 17.8 Å². The molecule has 1 heterocycles. The summed E-state index contributed by atoms with van der Waals surface area (Å²) >= 11 is 0. The van der Waals surface area contributed by atoms with Gasteiger partial charge in [-0.2, -0.15) is 15.0 Å². The number of nitrogens with one attached hydrogen (secondary N) is 1. The van der Waals surface area contributed by atoms with Crippen molar-refractivity contribution in [3.05, 3.63) is 0 Å². The van der Waals surface area contributed by atoms with Crippen LogP contribution in [0.1, 0.15) is 46.0 Å². The fourth-order valence-electron chi connectivity index (χ4n) is 2.24. The third kappa shape index (κ3) is 8.11. The Morgan fingerprint density at radius 1 is 1.00 bits per heavy atom. The van der Waals surface area contributed by atoms with Crippen LogP contribution in [0.15, 0.2) is 0 Å². The van der Waals surface area contributed by atoms with Crippen molar-refractivity contribution in [1.82, 2.24) is 15.0 Å². The van der Waals surface area contributed by atoms with Crippen LogP contribution in [0.4, 0.5) is 17.8 Å². The Morgan fingerprint density at radius 2 is 1.73 bits per heavy atom. The number of methoxy groups -OCH3 is 1. The number of nitrogens with zero attached hydrogens (tertiary/aromatic N) is 5. The van der Waals surface area contributed by atoms with Crippen molar-refractivity contribution < 1.29 is 14.6 Å². The highest BCUT2D eigenvalue weighted by molar-refractivity contribution is 5.44. The lowest BCUT2D eigenvalue weighted by molar-refractivity contribution is 0.102. The van der Waals surface area contributed by atoms with Crippen molar-refractivity contribution in [2.75, 3.05) is 62.6 Å². The van der Waals surface area contributed by atoms with E-state index in [0.717, 1.165) is 38.6 Å². The third-order valence-corrected chi connectivity index (χ3v) is 3.74. The highest BCUT2D eigenvalue weighted by atomic mass is 16.5. The molecule has 0 aromatic carbocycles. The molecule has 0 aliphatic carbocycles. The minimum atomic E-state index is -0.250. The van der Waals surface area contributed by atoms with E-state index in [1.54, 1.807) is 12.0 Å². The van der Waals surface area contributed by atoms with Gasteiger partial charge in [0.05, 0.1) is 0 Å². The summed E-state index contributed by atoms with van der Waals surface area (Å²) in [4.78, 5) is 17.1. The number of hydrogen-bond donors (Lipinski definition) is 2. The van der Waals surface area contributed by atoms with Gasteiger partial charge in [-0.05, 0) is 12.8 Å². The van der Waals surface area contributed by atoms with E-state index >= 15 is 0 Å². The van der Waals surface area contributed by atoms with Crippen molar-refractivity contribution in [3.63, 3.8) is 0 Å². The SMILES string of the molecule is CCCCCN(C)c1nc(NCO)nc(N(COC)COCCCC)n1. The molecule has 0 saturated carbocycles. The van der Waals surface area contributed by atoms with Gasteiger partial charge in [-0.3, -0.25) is 4.90 Å². The number of ether oxygens (including phenoxy) is 2. The molecular weight excluding hydrogens is 336 g/mol. The molecule has 0 fully saturated rings. The molecule has 2 N–H and O–H groups in total. The molecule has 1 rings (SSSR count). The van der Waals surface area contributed by atoms with E-state index in [4.69, 9.17) is 14.6 Å². The molecule has 0 amide bonds. The van der Waals surface area contributed by atoms with Gasteiger partial charge in [0.1, 0.15) is 20.2 Å². The van der Waals surface area contributed by atoms with Crippen LogP contribution in [0, 0.1) is 0 Å². The largest absolute Gasteiger partial charge is 0.376 e. The fraction of sp³-hybridized carbons (Fsp3) is 0.824. The summed E-state index contributed by atoms with van der Waals surface area (Å²) in [5.41, 5.74) is 0. The van der Waals surface area contributed by atoms with Crippen molar-refractivity contribution in [1.29, 1.82) is 0 Å². The Balaban J connectivity index is 2.93. The predicted octanol–water partition coefficient (Wildman–Crippen LogP) is 2.04. The molecule has 0 bridgehead atoms. The van der Waals surface area contributed by atoms with Crippen LogP contribution < -0.4 is 15.1 Å². The highest BCUT2D eigenvalue weighted by Crippen LogP contribution is 2.16. The molecule has 1 aromatic rings. The molecule has 26 heavy (non-hydrogen) atoms. The highest BCUT2D eigenvalue weighted by Gasteiger charge is 2.16. The Hall–Kier alpha value is -1.71. The number of unbranched alkanes of at least 4 members (excludes halogenated alkanes) is 3. The standard InChI is InChI=1S/C17H34N6O3/c1-5-7-9-10-22(3)16-19-15(18-12-24)20-17(21-16)23(13-25-4)14-26-11-8-6-2/h24H,5-14H2,1-4H3,(H,18,19,20,21). The van der Waals surface area contributed by atoms with E-state index in [0.29, 0.717) is 37.9 Å². The van der Waals surface area contributed by atoms with Gasteiger partial charge in [-0.25, -0.2) is 0 Å². The molecule has 0 aliphatic rings. The van der Waals surface area contributed by atoms with Gasteiger partial charge in [0.2, 0.25) is 17.8 Å². The van der Waals surface area contributed by atoms with Crippen LogP contribution in [-0.4, -0.2) is 67.6 Å². The van der Waals surface area contributed by atoms with Crippen molar-refractivity contribution in [2.45, 2.75) is 46.0 Å². The molecule has 0 aliphatic heterocycles. The molecule has 0 atom stereocenters. The monoisotopic (exact) mass is 370 g/mol. The molecule has 0 unspecified atom stereocenters. The Labute approximate surface area is 156 Å². The van der Waals surface area contributed by atoms with Gasteiger partial charge >= 0.3 is 0 Å². The summed E-state index contributed by atoms with van der Waals surface area (Å²) in [6.07, 6.45) is 5.46. The molecule has 0 saturated heterocycles. The quantitative estimate of drug-likeness (QED) is 0.355. The Kier molecular flexibility index (Phi) is 11.6. The number of anilines is 3. The van der Waals surface area contributed by atoms with Gasteiger partial charge in [-0.15, -0.1) is 0 Å². The van der Waals surface area contributed by atoms with Crippen molar-refractivity contribution in [2.24, 2.45) is 0 Å². The zero-order valence-electron chi connectivity index (χ0n) is 16.6. The maximum atomic E-state index is 9.17. The number of aliphatic hydroxyl groups is 1. The maximum Gasteiger partial charge on any atom is 0.235 e. The second-order valence-corrected chi connectivity index (χ2v) is 6.07. The number of hydrogen-bond acceptors (Lipinski definition) is 9. The van der Waals surface area contributed by atoms with E-state index in [-0.39, 0.29) is 6.73 Å². The number of aliphatic hydroxyl groups excluding tert-OH is 1. The van der Waals surface area contributed by atoms with Gasteiger partial charge in [0.25, 0.3) is 0 Å². The van der Waals surface area contributed by atoms with Gasteiger partial charge < -0.3 is 24.8 Å². The van der Waals surface area contributed by atoms with Crippen LogP contribution in [0.25, 0.3) is 0 Å². The van der Waals surface area contributed by atoms with Gasteiger partial charge in [0, 0.05) is 27.3 Å². The lowest BCUT2D eigenvalue weighted by atomic mass is 10.2. The van der Waals surface area contributed by atoms with E-state index in [1.807, 2.05) is 11.9 Å². The maximum absolute atomic E-state index is 9.17. The minimum Gasteiger partial charge on any atom is -0.376 e. The lowest BCUT2D eigenvalue weighted by Crippen LogP contribution is -2.32. The molecule has 150 valence electrons. The van der Waals surface area contributed by atoms with Crippen LogP contribution in [0.5, 0.6) is 0 Å². The Bertz CT molecular complexity index is 492. The summed E-state index contributed by atoms with van der Waals surface area (Å²) in [6.45, 7) is 6.20. The fourth-order valence-corrected chi connectivity index (χ4v) is 2.24. The van der Waals surface area contributed by atoms with E-state index in [2.05, 4.69) is 34.1 Å². The van der Waals surface area contributed by atoms with Crippen molar-refractivity contribution in [3.8, 4) is 0 Å². The summed E-state index contributed by atoms with van der Waals surface area (Å²) in [5.74, 6) is 1.33. The summed E-state index contributed by atoms with van der Waals surface area (Å²) in [6, 6.07) is 0. The van der Waals surface area contributed by atoms with Crippen LogP contribution >= 0.6 is 0 Å². The lowest BCUT2D eigenvalue weighted by Gasteiger charge is -2.24. The van der Waals surface area contributed by atoms with E-state index in [1.165, 1.54) is 0 Å².